The van der Waals surface area contributed by atoms with Gasteiger partial charge in [0.2, 0.25) is 0 Å². The number of esters is 3. The quantitative estimate of drug-likeness (QED) is 0.0262. The topological polar surface area (TPSA) is 78.9 Å². The highest BCUT2D eigenvalue weighted by Gasteiger charge is 2.19. The van der Waals surface area contributed by atoms with Crippen molar-refractivity contribution in [3.63, 3.8) is 0 Å². The van der Waals surface area contributed by atoms with Crippen molar-refractivity contribution in [1.29, 1.82) is 0 Å². The summed E-state index contributed by atoms with van der Waals surface area (Å²) in [6.07, 6.45) is 75.3. The van der Waals surface area contributed by atoms with E-state index in [-0.39, 0.29) is 31.1 Å². The molecule has 0 heterocycles. The van der Waals surface area contributed by atoms with E-state index in [2.05, 4.69) is 118 Å². The van der Waals surface area contributed by atoms with E-state index >= 15 is 0 Å². The second-order valence-electron chi connectivity index (χ2n) is 18.8. The van der Waals surface area contributed by atoms with Crippen LogP contribution < -0.4 is 0 Å². The Balaban J connectivity index is 4.43. The minimum absolute atomic E-state index is 0.0936. The molecule has 0 rings (SSSR count). The Bertz CT molecular complexity index is 1380. The fourth-order valence-electron chi connectivity index (χ4n) is 7.73. The molecule has 0 bridgehead atoms. The molecule has 1 unspecified atom stereocenters. The minimum Gasteiger partial charge on any atom is -0.462 e. The highest BCUT2D eigenvalue weighted by atomic mass is 16.6. The molecule has 394 valence electrons. The van der Waals surface area contributed by atoms with Gasteiger partial charge in [0, 0.05) is 19.3 Å². The average molecular weight is 960 g/mol. The molecular weight excluding hydrogens is 853 g/mol. The van der Waals surface area contributed by atoms with Gasteiger partial charge in [0.1, 0.15) is 13.2 Å². The summed E-state index contributed by atoms with van der Waals surface area (Å²) in [5.41, 5.74) is 0. The first-order valence-corrected chi connectivity index (χ1v) is 28.7. The lowest BCUT2D eigenvalue weighted by atomic mass is 10.1. The van der Waals surface area contributed by atoms with E-state index in [0.29, 0.717) is 19.3 Å². The molecule has 0 aromatic heterocycles. The summed E-state index contributed by atoms with van der Waals surface area (Å²) in [4.78, 5) is 38.1. The van der Waals surface area contributed by atoms with E-state index in [4.69, 9.17) is 14.2 Å². The number of carbonyl (C=O) groups is 3. The van der Waals surface area contributed by atoms with Crippen LogP contribution in [0.15, 0.2) is 97.2 Å². The van der Waals surface area contributed by atoms with Crippen molar-refractivity contribution in [1.82, 2.24) is 0 Å². The van der Waals surface area contributed by atoms with E-state index in [1.165, 1.54) is 96.3 Å². The standard InChI is InChI=1S/C63H106O6/c1-4-7-10-13-16-19-22-25-28-29-30-31-32-33-34-35-36-39-41-44-47-50-53-56-62(65)68-59-60(69-63(66)57-54-51-48-45-42-38-27-24-21-18-15-12-9-6-3)58-67-61(64)55-52-49-46-43-40-37-26-23-20-17-14-11-8-5-2/h7,10,16,19,23-28,30-31,33-34,36,39,60H,4-6,8-9,11-15,17-18,20-22,29,32,35,37-38,40-59H2,1-3H3/b10-7-,19-16-,26-23-,27-24-,28-25-,31-30-,34-33-,39-36-. The number of carbonyl (C=O) groups excluding carboxylic acids is 3. The normalized spacial score (nSPS) is 12.8. The van der Waals surface area contributed by atoms with Crippen molar-refractivity contribution in [3.05, 3.63) is 97.2 Å². The van der Waals surface area contributed by atoms with Crippen molar-refractivity contribution >= 4 is 17.9 Å². The maximum atomic E-state index is 12.8. The Kier molecular flexibility index (Phi) is 53.9. The van der Waals surface area contributed by atoms with E-state index < -0.39 is 6.10 Å². The Morgan fingerprint density at radius 3 is 0.899 bits per heavy atom. The van der Waals surface area contributed by atoms with Gasteiger partial charge in [-0.2, -0.15) is 0 Å². The Morgan fingerprint density at radius 1 is 0.304 bits per heavy atom. The average Bonchev–Trinajstić information content (AvgIpc) is 3.35. The molecule has 0 fully saturated rings. The molecule has 0 aromatic rings. The van der Waals surface area contributed by atoms with Gasteiger partial charge in [-0.25, -0.2) is 0 Å². The molecule has 0 aliphatic heterocycles. The van der Waals surface area contributed by atoms with Crippen LogP contribution in [0.2, 0.25) is 0 Å². The van der Waals surface area contributed by atoms with Gasteiger partial charge in [-0.1, -0.05) is 221 Å². The predicted octanol–water partition coefficient (Wildman–Crippen LogP) is 19.3. The third-order valence-electron chi connectivity index (χ3n) is 12.0. The second kappa shape index (κ2) is 56.9. The molecule has 0 aromatic carbocycles. The minimum atomic E-state index is -0.797. The summed E-state index contributed by atoms with van der Waals surface area (Å²) < 4.78 is 16.8. The summed E-state index contributed by atoms with van der Waals surface area (Å²) >= 11 is 0. The lowest BCUT2D eigenvalue weighted by Crippen LogP contribution is -2.30. The lowest BCUT2D eigenvalue weighted by Gasteiger charge is -2.18. The van der Waals surface area contributed by atoms with Gasteiger partial charge < -0.3 is 14.2 Å². The Hall–Kier alpha value is -3.67. The highest BCUT2D eigenvalue weighted by Crippen LogP contribution is 2.14. The number of ether oxygens (including phenoxy) is 3. The number of hydrogen-bond donors (Lipinski definition) is 0. The summed E-state index contributed by atoms with van der Waals surface area (Å²) in [5.74, 6) is -0.933. The zero-order chi connectivity index (χ0) is 50.0. The lowest BCUT2D eigenvalue weighted by molar-refractivity contribution is -0.167. The van der Waals surface area contributed by atoms with Crippen LogP contribution in [0.25, 0.3) is 0 Å². The molecule has 0 saturated carbocycles. The van der Waals surface area contributed by atoms with E-state index in [1.807, 2.05) is 0 Å². The van der Waals surface area contributed by atoms with E-state index in [9.17, 15) is 14.4 Å². The van der Waals surface area contributed by atoms with Gasteiger partial charge in [-0.05, 0) is 122 Å². The zero-order valence-electron chi connectivity index (χ0n) is 45.0. The fraction of sp³-hybridized carbons (Fsp3) is 0.698. The molecule has 69 heavy (non-hydrogen) atoms. The molecule has 0 saturated heterocycles. The Morgan fingerprint density at radius 2 is 0.565 bits per heavy atom. The SMILES string of the molecule is CC/C=C\C/C=C\C/C=C\C/C=C\C/C=C\C/C=C\CCCCCCC(=O)OCC(COC(=O)CCCCCCC/C=C\CCCCCCC)OC(=O)CCCCCCC/C=C\CCCCCCC. The predicted molar refractivity (Wildman–Crippen MR) is 297 cm³/mol. The smallest absolute Gasteiger partial charge is 0.306 e. The van der Waals surface area contributed by atoms with Crippen LogP contribution in [0.1, 0.15) is 265 Å². The van der Waals surface area contributed by atoms with Gasteiger partial charge in [0.05, 0.1) is 0 Å². The van der Waals surface area contributed by atoms with Crippen LogP contribution in [0.5, 0.6) is 0 Å². The zero-order valence-corrected chi connectivity index (χ0v) is 45.0. The molecular formula is C63H106O6. The number of hydrogen-bond acceptors (Lipinski definition) is 6. The van der Waals surface area contributed by atoms with Gasteiger partial charge in [0.25, 0.3) is 0 Å². The maximum absolute atomic E-state index is 12.8. The number of allylic oxidation sites excluding steroid dienone is 16. The first-order valence-electron chi connectivity index (χ1n) is 28.7. The second-order valence-corrected chi connectivity index (χ2v) is 18.8. The van der Waals surface area contributed by atoms with E-state index in [1.54, 1.807) is 0 Å². The van der Waals surface area contributed by atoms with Crippen molar-refractivity contribution in [3.8, 4) is 0 Å². The summed E-state index contributed by atoms with van der Waals surface area (Å²) in [6.45, 7) is 6.48. The monoisotopic (exact) mass is 959 g/mol. The van der Waals surface area contributed by atoms with Gasteiger partial charge in [-0.3, -0.25) is 14.4 Å². The molecule has 1 atom stereocenters. The van der Waals surface area contributed by atoms with Crippen LogP contribution >= 0.6 is 0 Å². The Labute approximate surface area is 426 Å². The molecule has 0 N–H and O–H groups in total. The van der Waals surface area contributed by atoms with Crippen LogP contribution in [-0.2, 0) is 28.6 Å². The first-order chi connectivity index (χ1) is 34.0. The molecule has 0 spiro atoms. The summed E-state index contributed by atoms with van der Waals surface area (Å²) in [6, 6.07) is 0. The van der Waals surface area contributed by atoms with E-state index in [0.717, 1.165) is 128 Å². The van der Waals surface area contributed by atoms with Crippen LogP contribution in [0.3, 0.4) is 0 Å². The first kappa shape index (κ1) is 65.3. The largest absolute Gasteiger partial charge is 0.462 e. The van der Waals surface area contributed by atoms with Crippen molar-refractivity contribution in [2.45, 2.75) is 271 Å². The third kappa shape index (κ3) is 55.1. The van der Waals surface area contributed by atoms with Gasteiger partial charge in [-0.15, -0.1) is 0 Å². The fourth-order valence-corrected chi connectivity index (χ4v) is 7.73. The number of rotatable bonds is 51. The molecule has 0 aliphatic carbocycles. The van der Waals surface area contributed by atoms with Crippen LogP contribution in [-0.4, -0.2) is 37.2 Å². The molecule has 6 heteroatoms. The molecule has 0 amide bonds. The third-order valence-corrected chi connectivity index (χ3v) is 12.0. The highest BCUT2D eigenvalue weighted by molar-refractivity contribution is 5.71. The van der Waals surface area contributed by atoms with Crippen LogP contribution in [0, 0.1) is 0 Å². The summed E-state index contributed by atoms with van der Waals surface area (Å²) in [5, 5.41) is 0. The van der Waals surface area contributed by atoms with Crippen molar-refractivity contribution in [2.24, 2.45) is 0 Å². The molecule has 6 nitrogen and oxygen atoms in total. The van der Waals surface area contributed by atoms with Crippen molar-refractivity contribution < 1.29 is 28.6 Å². The number of unbranched alkanes of at least 4 members (excludes halogenated alkanes) is 24. The van der Waals surface area contributed by atoms with Gasteiger partial charge in [0.15, 0.2) is 6.10 Å². The molecule has 0 radical (unpaired) electrons. The van der Waals surface area contributed by atoms with Crippen LogP contribution in [0.4, 0.5) is 0 Å². The van der Waals surface area contributed by atoms with Gasteiger partial charge >= 0.3 is 17.9 Å². The molecule has 0 aliphatic rings. The summed E-state index contributed by atoms with van der Waals surface area (Å²) in [7, 11) is 0. The van der Waals surface area contributed by atoms with Crippen molar-refractivity contribution in [2.75, 3.05) is 13.2 Å². The maximum Gasteiger partial charge on any atom is 0.306 e.